The lowest BCUT2D eigenvalue weighted by molar-refractivity contribution is -0.153. The molecule has 4 nitrogen and oxygen atoms in total. The maximum Gasteiger partial charge on any atom is 0.333 e. The summed E-state index contributed by atoms with van der Waals surface area (Å²) in [6, 6.07) is 0. The van der Waals surface area contributed by atoms with E-state index in [4.69, 9.17) is 9.47 Å². The van der Waals surface area contributed by atoms with E-state index in [0.717, 1.165) is 51.4 Å². The van der Waals surface area contributed by atoms with Crippen molar-refractivity contribution in [3.8, 4) is 0 Å². The van der Waals surface area contributed by atoms with Crippen LogP contribution in [0.2, 0.25) is 0 Å². The SMILES string of the molecule is C=C(C)C(=O)OC(C)(C)CCCCCCCCC(C)(C)OC(=O)C(=C)C. The summed E-state index contributed by atoms with van der Waals surface area (Å²) in [6.45, 7) is 18.3. The highest BCUT2D eigenvalue weighted by molar-refractivity contribution is 5.87. The topological polar surface area (TPSA) is 52.6 Å². The highest BCUT2D eigenvalue weighted by Gasteiger charge is 2.23. The molecule has 4 heteroatoms. The number of carbonyl (C=O) groups excluding carboxylic acids is 2. The van der Waals surface area contributed by atoms with E-state index in [-0.39, 0.29) is 11.9 Å². The van der Waals surface area contributed by atoms with Gasteiger partial charge in [0.25, 0.3) is 0 Å². The van der Waals surface area contributed by atoms with E-state index in [1.165, 1.54) is 0 Å². The van der Waals surface area contributed by atoms with Crippen LogP contribution in [0.25, 0.3) is 0 Å². The van der Waals surface area contributed by atoms with E-state index in [2.05, 4.69) is 13.2 Å². The minimum atomic E-state index is -0.437. The lowest BCUT2D eigenvalue weighted by Gasteiger charge is -2.25. The third-order valence-electron chi connectivity index (χ3n) is 4.24. The summed E-state index contributed by atoms with van der Waals surface area (Å²) in [5.41, 5.74) is 0.00493. The third kappa shape index (κ3) is 11.9. The fourth-order valence-electron chi connectivity index (χ4n) is 2.59. The number of hydrogen-bond acceptors (Lipinski definition) is 4. The fraction of sp³-hybridized carbons (Fsp3) is 0.727. The first-order chi connectivity index (χ1) is 11.9. The molecule has 0 aromatic carbocycles. The van der Waals surface area contributed by atoms with Crippen molar-refractivity contribution in [2.75, 3.05) is 0 Å². The van der Waals surface area contributed by atoms with E-state index >= 15 is 0 Å². The molecule has 0 rings (SSSR count). The molecule has 0 aromatic heterocycles. The van der Waals surface area contributed by atoms with Crippen LogP contribution in [-0.4, -0.2) is 23.1 Å². The molecule has 0 atom stereocenters. The average molecular weight is 367 g/mol. The van der Waals surface area contributed by atoms with Crippen molar-refractivity contribution in [3.63, 3.8) is 0 Å². The van der Waals surface area contributed by atoms with Gasteiger partial charge in [0, 0.05) is 11.1 Å². The van der Waals surface area contributed by atoms with Crippen LogP contribution in [0.3, 0.4) is 0 Å². The van der Waals surface area contributed by atoms with Crippen LogP contribution in [0.5, 0.6) is 0 Å². The smallest absolute Gasteiger partial charge is 0.333 e. The number of esters is 2. The van der Waals surface area contributed by atoms with Crippen molar-refractivity contribution >= 4 is 11.9 Å². The summed E-state index contributed by atoms with van der Waals surface area (Å²) in [5, 5.41) is 0. The molecule has 0 unspecified atom stereocenters. The predicted molar refractivity (Wildman–Crippen MR) is 107 cm³/mol. The second-order valence-corrected chi connectivity index (χ2v) is 8.48. The minimum absolute atomic E-state index is 0.315. The first-order valence-electron chi connectivity index (χ1n) is 9.64. The average Bonchev–Trinajstić information content (AvgIpc) is 2.48. The lowest BCUT2D eigenvalue weighted by atomic mass is 9.97. The zero-order chi connectivity index (χ0) is 20.4. The molecular formula is C22H38O4. The van der Waals surface area contributed by atoms with Crippen molar-refractivity contribution in [1.82, 2.24) is 0 Å². The van der Waals surface area contributed by atoms with Crippen molar-refractivity contribution in [2.24, 2.45) is 0 Å². The lowest BCUT2D eigenvalue weighted by Crippen LogP contribution is -2.28. The van der Waals surface area contributed by atoms with Crippen molar-refractivity contribution < 1.29 is 19.1 Å². The maximum atomic E-state index is 11.6. The molecule has 0 aliphatic carbocycles. The van der Waals surface area contributed by atoms with Gasteiger partial charge in [-0.25, -0.2) is 9.59 Å². The summed E-state index contributed by atoms with van der Waals surface area (Å²) >= 11 is 0. The molecule has 0 aliphatic rings. The Morgan fingerprint density at radius 2 is 0.923 bits per heavy atom. The fourth-order valence-corrected chi connectivity index (χ4v) is 2.59. The molecule has 150 valence electrons. The van der Waals surface area contributed by atoms with E-state index in [0.29, 0.717) is 11.1 Å². The van der Waals surface area contributed by atoms with Gasteiger partial charge in [0.1, 0.15) is 11.2 Å². The normalized spacial score (nSPS) is 11.8. The van der Waals surface area contributed by atoms with E-state index in [9.17, 15) is 9.59 Å². The van der Waals surface area contributed by atoms with E-state index < -0.39 is 11.2 Å². The second-order valence-electron chi connectivity index (χ2n) is 8.48. The maximum absolute atomic E-state index is 11.6. The number of rotatable bonds is 13. The third-order valence-corrected chi connectivity index (χ3v) is 4.24. The number of unbranched alkanes of at least 4 members (excludes halogenated alkanes) is 5. The highest BCUT2D eigenvalue weighted by atomic mass is 16.6. The van der Waals surface area contributed by atoms with Gasteiger partial charge in [0.15, 0.2) is 0 Å². The molecule has 26 heavy (non-hydrogen) atoms. The number of carbonyl (C=O) groups is 2. The van der Waals surface area contributed by atoms with Gasteiger partial charge in [-0.3, -0.25) is 0 Å². The molecule has 0 fully saturated rings. The van der Waals surface area contributed by atoms with E-state index in [1.807, 2.05) is 27.7 Å². The summed E-state index contributed by atoms with van der Waals surface area (Å²) < 4.78 is 10.9. The second kappa shape index (κ2) is 11.2. The van der Waals surface area contributed by atoms with Crippen LogP contribution in [0.15, 0.2) is 24.3 Å². The minimum Gasteiger partial charge on any atom is -0.456 e. The Bertz CT molecular complexity index is 454. The van der Waals surface area contributed by atoms with Gasteiger partial charge in [-0.15, -0.1) is 0 Å². The van der Waals surface area contributed by atoms with Gasteiger partial charge < -0.3 is 9.47 Å². The van der Waals surface area contributed by atoms with Crippen LogP contribution in [-0.2, 0) is 19.1 Å². The molecule has 0 N–H and O–H groups in total. The summed E-state index contributed by atoms with van der Waals surface area (Å²) in [7, 11) is 0. The van der Waals surface area contributed by atoms with Crippen LogP contribution >= 0.6 is 0 Å². The Labute approximate surface area is 160 Å². The molecule has 0 heterocycles. The molecule has 0 bridgehead atoms. The monoisotopic (exact) mass is 366 g/mol. The Morgan fingerprint density at radius 1 is 0.654 bits per heavy atom. The molecule has 0 spiro atoms. The Balaban J connectivity index is 3.82. The van der Waals surface area contributed by atoms with Gasteiger partial charge in [-0.1, -0.05) is 38.8 Å². The van der Waals surface area contributed by atoms with Crippen LogP contribution in [0, 0.1) is 0 Å². The van der Waals surface area contributed by atoms with Gasteiger partial charge in [-0.05, 0) is 67.2 Å². The highest BCUT2D eigenvalue weighted by Crippen LogP contribution is 2.22. The van der Waals surface area contributed by atoms with Gasteiger partial charge in [0.05, 0.1) is 0 Å². The molecule has 0 aromatic rings. The molecule has 0 saturated carbocycles. The molecule has 0 amide bonds. The molecular weight excluding hydrogens is 328 g/mol. The zero-order valence-corrected chi connectivity index (χ0v) is 17.7. The Hall–Kier alpha value is -1.58. The number of ether oxygens (including phenoxy) is 2. The Kier molecular flexibility index (Phi) is 10.5. The quantitative estimate of drug-likeness (QED) is 0.231. The van der Waals surface area contributed by atoms with Gasteiger partial charge >= 0.3 is 11.9 Å². The van der Waals surface area contributed by atoms with Crippen molar-refractivity contribution in [1.29, 1.82) is 0 Å². The van der Waals surface area contributed by atoms with Crippen molar-refractivity contribution in [3.05, 3.63) is 24.3 Å². The van der Waals surface area contributed by atoms with Gasteiger partial charge in [0.2, 0.25) is 0 Å². The predicted octanol–water partition coefficient (Wildman–Crippen LogP) is 5.90. The first-order valence-corrected chi connectivity index (χ1v) is 9.64. The van der Waals surface area contributed by atoms with Crippen LogP contribution in [0.1, 0.15) is 92.9 Å². The summed E-state index contributed by atoms with van der Waals surface area (Å²) in [6.07, 6.45) is 8.37. The molecule has 0 aliphatic heterocycles. The van der Waals surface area contributed by atoms with Gasteiger partial charge in [-0.2, -0.15) is 0 Å². The summed E-state index contributed by atoms with van der Waals surface area (Å²) in [5.74, 6) is -0.630. The first kappa shape index (κ1) is 24.4. The Morgan fingerprint density at radius 3 is 1.19 bits per heavy atom. The largest absolute Gasteiger partial charge is 0.456 e. The standard InChI is InChI=1S/C22H38O4/c1-17(2)19(23)25-21(5,6)15-13-11-9-10-12-14-16-22(7,8)26-20(24)18(3)4/h1,3,9-16H2,2,4-8H3. The van der Waals surface area contributed by atoms with E-state index in [1.54, 1.807) is 13.8 Å². The van der Waals surface area contributed by atoms with Crippen molar-refractivity contribution in [2.45, 2.75) is 104 Å². The van der Waals surface area contributed by atoms with Crippen LogP contribution < -0.4 is 0 Å². The van der Waals surface area contributed by atoms with Crippen LogP contribution in [0.4, 0.5) is 0 Å². The summed E-state index contributed by atoms with van der Waals surface area (Å²) in [4.78, 5) is 23.2. The number of hydrogen-bond donors (Lipinski definition) is 0. The molecule has 0 saturated heterocycles. The zero-order valence-electron chi connectivity index (χ0n) is 17.7. The molecule has 0 radical (unpaired) electrons.